The van der Waals surface area contributed by atoms with Gasteiger partial charge in [0, 0.05) is 19.2 Å². The minimum absolute atomic E-state index is 0.169. The maximum Gasteiger partial charge on any atom is 0.224 e. The molecule has 2 rings (SSSR count). The van der Waals surface area contributed by atoms with Crippen LogP contribution >= 0.6 is 0 Å². The van der Waals surface area contributed by atoms with Gasteiger partial charge < -0.3 is 15.4 Å². The van der Waals surface area contributed by atoms with E-state index in [0.29, 0.717) is 12.6 Å². The quantitative estimate of drug-likeness (QED) is 0.869. The molecule has 2 N–H and O–H groups in total. The third kappa shape index (κ3) is 4.03. The fourth-order valence-electron chi connectivity index (χ4n) is 2.34. The molecule has 0 aliphatic carbocycles. The molecule has 0 spiro atoms. The van der Waals surface area contributed by atoms with Gasteiger partial charge in [-0.05, 0) is 33.1 Å². The minimum atomic E-state index is -0.420. The molecule has 0 bridgehead atoms. The fraction of sp³-hybridized carbons (Fsp3) is 0.714. The van der Waals surface area contributed by atoms with Crippen LogP contribution in [0.25, 0.3) is 0 Å². The first-order valence-corrected chi connectivity index (χ1v) is 7.17. The highest BCUT2D eigenvalue weighted by Gasteiger charge is 2.29. The maximum atomic E-state index is 13.8. The summed E-state index contributed by atoms with van der Waals surface area (Å²) in [5, 5.41) is 6.24. The zero-order chi connectivity index (χ0) is 14.6. The molecule has 1 fully saturated rings. The van der Waals surface area contributed by atoms with Gasteiger partial charge in [-0.2, -0.15) is 4.98 Å². The molecule has 1 aromatic rings. The summed E-state index contributed by atoms with van der Waals surface area (Å²) < 4.78 is 19.5. The Morgan fingerprint density at radius 2 is 2.30 bits per heavy atom. The normalized spacial score (nSPS) is 21.5. The lowest BCUT2D eigenvalue weighted by Gasteiger charge is -2.36. The lowest BCUT2D eigenvalue weighted by atomic mass is 9.94. The van der Waals surface area contributed by atoms with E-state index in [4.69, 9.17) is 4.74 Å². The Morgan fingerprint density at radius 1 is 1.50 bits per heavy atom. The zero-order valence-corrected chi connectivity index (χ0v) is 12.4. The number of rotatable bonds is 5. The molecular formula is C14H23FN4O. The largest absolute Gasteiger partial charge is 0.375 e. The fourth-order valence-corrected chi connectivity index (χ4v) is 2.34. The van der Waals surface area contributed by atoms with E-state index in [1.54, 1.807) is 0 Å². The highest BCUT2D eigenvalue weighted by Crippen LogP contribution is 2.26. The Hall–Kier alpha value is -1.43. The molecule has 0 saturated carbocycles. The standard InChI is InChI=1S/C14H23FN4O/c1-4-6-16-13-17-9-11(15)12(19-13)18-10-5-7-20-14(2,3)8-10/h9-10H,4-8H2,1-3H3,(H2,16,17,18,19). The molecule has 6 heteroatoms. The molecular weight excluding hydrogens is 259 g/mol. The Labute approximate surface area is 119 Å². The molecule has 5 nitrogen and oxygen atoms in total. The van der Waals surface area contributed by atoms with Crippen molar-refractivity contribution in [2.75, 3.05) is 23.8 Å². The van der Waals surface area contributed by atoms with Crippen LogP contribution in [0.5, 0.6) is 0 Å². The van der Waals surface area contributed by atoms with Gasteiger partial charge in [0.05, 0.1) is 11.8 Å². The second-order valence-corrected chi connectivity index (χ2v) is 5.76. The van der Waals surface area contributed by atoms with Crippen molar-refractivity contribution in [2.45, 2.75) is 51.7 Å². The summed E-state index contributed by atoms with van der Waals surface area (Å²) in [7, 11) is 0. The van der Waals surface area contributed by atoms with Crippen molar-refractivity contribution in [3.05, 3.63) is 12.0 Å². The van der Waals surface area contributed by atoms with Crippen molar-refractivity contribution in [3.8, 4) is 0 Å². The van der Waals surface area contributed by atoms with Crippen molar-refractivity contribution in [3.63, 3.8) is 0 Å². The SMILES string of the molecule is CCCNc1ncc(F)c(NC2CCOC(C)(C)C2)n1. The minimum Gasteiger partial charge on any atom is -0.375 e. The zero-order valence-electron chi connectivity index (χ0n) is 12.4. The second kappa shape index (κ2) is 6.35. The van der Waals surface area contributed by atoms with Gasteiger partial charge in [-0.1, -0.05) is 6.92 Å². The van der Waals surface area contributed by atoms with E-state index in [2.05, 4.69) is 27.5 Å². The molecule has 1 aliphatic heterocycles. The summed E-state index contributed by atoms with van der Waals surface area (Å²) in [6.45, 7) is 7.60. The van der Waals surface area contributed by atoms with Crippen molar-refractivity contribution < 1.29 is 9.13 Å². The van der Waals surface area contributed by atoms with Crippen LogP contribution in [0.4, 0.5) is 16.2 Å². The smallest absolute Gasteiger partial charge is 0.224 e. The van der Waals surface area contributed by atoms with Crippen LogP contribution in [0, 0.1) is 5.82 Å². The molecule has 0 radical (unpaired) electrons. The number of aromatic nitrogens is 2. The molecule has 0 aromatic carbocycles. The van der Waals surface area contributed by atoms with Crippen LogP contribution in [0.15, 0.2) is 6.20 Å². The summed E-state index contributed by atoms with van der Waals surface area (Å²) in [6, 6.07) is 0.169. The van der Waals surface area contributed by atoms with E-state index in [-0.39, 0.29) is 17.5 Å². The van der Waals surface area contributed by atoms with E-state index >= 15 is 0 Å². The average molecular weight is 282 g/mol. The number of nitrogens with one attached hydrogen (secondary N) is 2. The molecule has 1 aliphatic rings. The third-order valence-corrected chi connectivity index (χ3v) is 3.32. The first-order chi connectivity index (χ1) is 9.50. The van der Waals surface area contributed by atoms with Gasteiger partial charge in [0.1, 0.15) is 0 Å². The predicted octanol–water partition coefficient (Wildman–Crippen LogP) is 2.81. The van der Waals surface area contributed by atoms with Crippen molar-refractivity contribution >= 4 is 11.8 Å². The van der Waals surface area contributed by atoms with Gasteiger partial charge in [-0.25, -0.2) is 9.37 Å². The third-order valence-electron chi connectivity index (χ3n) is 3.32. The molecule has 2 heterocycles. The number of anilines is 2. The lowest BCUT2D eigenvalue weighted by Crippen LogP contribution is -2.40. The Balaban J connectivity index is 2.04. The average Bonchev–Trinajstić information content (AvgIpc) is 2.38. The molecule has 1 unspecified atom stereocenters. The van der Waals surface area contributed by atoms with Gasteiger partial charge in [0.2, 0.25) is 5.95 Å². The van der Waals surface area contributed by atoms with E-state index in [0.717, 1.165) is 25.8 Å². The van der Waals surface area contributed by atoms with Crippen molar-refractivity contribution in [2.24, 2.45) is 0 Å². The number of hydrogen-bond acceptors (Lipinski definition) is 5. The van der Waals surface area contributed by atoms with Crippen LogP contribution in [0.1, 0.15) is 40.0 Å². The first kappa shape index (κ1) is 15.0. The number of hydrogen-bond donors (Lipinski definition) is 2. The van der Waals surface area contributed by atoms with Gasteiger partial charge in [-0.3, -0.25) is 0 Å². The van der Waals surface area contributed by atoms with Gasteiger partial charge >= 0.3 is 0 Å². The summed E-state index contributed by atoms with van der Waals surface area (Å²) in [5.74, 6) is 0.305. The van der Waals surface area contributed by atoms with E-state index < -0.39 is 5.82 Å². The predicted molar refractivity (Wildman–Crippen MR) is 77.4 cm³/mol. The van der Waals surface area contributed by atoms with Crippen LogP contribution in [-0.4, -0.2) is 34.8 Å². The van der Waals surface area contributed by atoms with E-state index in [1.807, 2.05) is 13.8 Å². The van der Waals surface area contributed by atoms with Crippen molar-refractivity contribution in [1.82, 2.24) is 9.97 Å². The van der Waals surface area contributed by atoms with Crippen LogP contribution < -0.4 is 10.6 Å². The van der Waals surface area contributed by atoms with Crippen LogP contribution in [0.3, 0.4) is 0 Å². The second-order valence-electron chi connectivity index (χ2n) is 5.76. The highest BCUT2D eigenvalue weighted by molar-refractivity contribution is 5.42. The Bertz CT molecular complexity index is 453. The van der Waals surface area contributed by atoms with Gasteiger partial charge in [0.25, 0.3) is 0 Å². The van der Waals surface area contributed by atoms with Gasteiger partial charge in [-0.15, -0.1) is 0 Å². The lowest BCUT2D eigenvalue weighted by molar-refractivity contribution is -0.0553. The van der Waals surface area contributed by atoms with E-state index in [9.17, 15) is 4.39 Å². The molecule has 112 valence electrons. The van der Waals surface area contributed by atoms with Crippen LogP contribution in [-0.2, 0) is 4.74 Å². The van der Waals surface area contributed by atoms with Gasteiger partial charge in [0.15, 0.2) is 11.6 Å². The van der Waals surface area contributed by atoms with Crippen molar-refractivity contribution in [1.29, 1.82) is 0 Å². The molecule has 1 aromatic heterocycles. The Kier molecular flexibility index (Phi) is 4.75. The summed E-state index contributed by atoms with van der Waals surface area (Å²) >= 11 is 0. The molecule has 1 atom stereocenters. The highest BCUT2D eigenvalue weighted by atomic mass is 19.1. The van der Waals surface area contributed by atoms with E-state index in [1.165, 1.54) is 6.20 Å². The topological polar surface area (TPSA) is 59.1 Å². The molecule has 0 amide bonds. The number of nitrogens with zero attached hydrogens (tertiary/aromatic N) is 2. The number of halogens is 1. The molecule has 1 saturated heterocycles. The summed E-state index contributed by atoms with van der Waals surface area (Å²) in [4.78, 5) is 8.14. The number of ether oxygens (including phenoxy) is 1. The van der Waals surface area contributed by atoms with Crippen LogP contribution in [0.2, 0.25) is 0 Å². The molecule has 20 heavy (non-hydrogen) atoms. The first-order valence-electron chi connectivity index (χ1n) is 7.17. The summed E-state index contributed by atoms with van der Waals surface area (Å²) in [5.41, 5.74) is -0.178. The monoisotopic (exact) mass is 282 g/mol. The Morgan fingerprint density at radius 3 is 3.00 bits per heavy atom. The summed E-state index contributed by atoms with van der Waals surface area (Å²) in [6.07, 6.45) is 3.86. The maximum absolute atomic E-state index is 13.8.